The minimum absolute atomic E-state index is 0.0916. The first-order valence-corrected chi connectivity index (χ1v) is 5.17. The van der Waals surface area contributed by atoms with E-state index in [-0.39, 0.29) is 10.9 Å². The number of hydrogen-bond acceptors (Lipinski definition) is 2. The largest absolute Gasteiger partial charge is 0.362 e. The predicted molar refractivity (Wildman–Crippen MR) is 60.7 cm³/mol. The lowest BCUT2D eigenvalue weighted by Gasteiger charge is -2.11. The molecular formula is C11H18OS. The molecule has 0 saturated carbocycles. The van der Waals surface area contributed by atoms with E-state index in [9.17, 15) is 0 Å². The van der Waals surface area contributed by atoms with Gasteiger partial charge in [0.05, 0.1) is 6.10 Å². The van der Waals surface area contributed by atoms with Crippen LogP contribution < -0.4 is 0 Å². The van der Waals surface area contributed by atoms with Gasteiger partial charge in [-0.1, -0.05) is 44.5 Å². The van der Waals surface area contributed by atoms with Gasteiger partial charge < -0.3 is 4.74 Å². The average Bonchev–Trinajstić information content (AvgIpc) is 2.01. The van der Waals surface area contributed by atoms with Gasteiger partial charge in [0.15, 0.2) is 0 Å². The number of rotatable bonds is 3. The molecule has 13 heavy (non-hydrogen) atoms. The van der Waals surface area contributed by atoms with E-state index in [0.717, 1.165) is 0 Å². The summed E-state index contributed by atoms with van der Waals surface area (Å²) in [6.45, 7) is 12.5. The van der Waals surface area contributed by atoms with E-state index in [4.69, 9.17) is 4.74 Å². The van der Waals surface area contributed by atoms with Crippen LogP contribution in [0.5, 0.6) is 0 Å². The fourth-order valence-corrected chi connectivity index (χ4v) is 0.897. The van der Waals surface area contributed by atoms with Crippen molar-refractivity contribution in [1.29, 1.82) is 0 Å². The molecule has 0 aliphatic heterocycles. The molecule has 0 fully saturated rings. The highest BCUT2D eigenvalue weighted by Gasteiger charge is 2.07. The second kappa shape index (κ2) is 6.12. The van der Waals surface area contributed by atoms with Crippen LogP contribution in [0.4, 0.5) is 0 Å². The topological polar surface area (TPSA) is 9.23 Å². The third-order valence-corrected chi connectivity index (χ3v) is 2.04. The Balaban J connectivity index is 3.57. The highest BCUT2D eigenvalue weighted by Crippen LogP contribution is 2.21. The normalized spacial score (nSPS) is 12.9. The summed E-state index contributed by atoms with van der Waals surface area (Å²) < 4.78 is 5.51. The summed E-state index contributed by atoms with van der Waals surface area (Å²) in [5.41, 5.74) is 0. The maximum atomic E-state index is 5.30. The Morgan fingerprint density at radius 2 is 2.15 bits per heavy atom. The number of thioether (sulfide) groups is 1. The number of ether oxygens (including phenoxy) is 1. The van der Waals surface area contributed by atoms with Crippen molar-refractivity contribution < 1.29 is 4.74 Å². The van der Waals surface area contributed by atoms with Crippen molar-refractivity contribution in [2.45, 2.75) is 38.5 Å². The third-order valence-electron chi connectivity index (χ3n) is 1.18. The van der Waals surface area contributed by atoms with Crippen molar-refractivity contribution in [1.82, 2.24) is 0 Å². The number of hydrogen-bond donors (Lipinski definition) is 0. The van der Waals surface area contributed by atoms with E-state index in [1.54, 1.807) is 17.8 Å². The van der Waals surface area contributed by atoms with Gasteiger partial charge in [-0.25, -0.2) is 0 Å². The molecule has 1 nitrogen and oxygen atoms in total. The predicted octanol–water partition coefficient (Wildman–Crippen LogP) is 3.07. The zero-order valence-electron chi connectivity index (χ0n) is 8.89. The van der Waals surface area contributed by atoms with Crippen molar-refractivity contribution >= 4 is 11.8 Å². The van der Waals surface area contributed by atoms with Gasteiger partial charge in [0, 0.05) is 4.75 Å². The second-order valence-electron chi connectivity index (χ2n) is 3.75. The molecule has 1 atom stereocenters. The standard InChI is InChI=1S/C11H18OS/c1-6-10(2)12-8-7-9-13-11(3,4)5/h6,10H,1,8H2,2-5H3. The van der Waals surface area contributed by atoms with Crippen molar-refractivity contribution in [3.63, 3.8) is 0 Å². The van der Waals surface area contributed by atoms with E-state index >= 15 is 0 Å². The Kier molecular flexibility index (Phi) is 5.94. The van der Waals surface area contributed by atoms with Gasteiger partial charge in [-0.05, 0) is 12.2 Å². The lowest BCUT2D eigenvalue weighted by atomic mass is 10.3. The lowest BCUT2D eigenvalue weighted by Crippen LogP contribution is -2.05. The van der Waals surface area contributed by atoms with Gasteiger partial charge in [0.25, 0.3) is 0 Å². The van der Waals surface area contributed by atoms with Crippen LogP contribution in [0.3, 0.4) is 0 Å². The summed E-state index contributed by atoms with van der Waals surface area (Å²) in [5, 5.41) is 3.01. The second-order valence-corrected chi connectivity index (χ2v) is 5.38. The first-order valence-electron chi connectivity index (χ1n) is 4.36. The highest BCUT2D eigenvalue weighted by atomic mass is 32.2. The zero-order valence-corrected chi connectivity index (χ0v) is 9.70. The van der Waals surface area contributed by atoms with Crippen molar-refractivity contribution in [2.75, 3.05) is 6.61 Å². The van der Waals surface area contributed by atoms with Gasteiger partial charge in [0.2, 0.25) is 0 Å². The van der Waals surface area contributed by atoms with Crippen molar-refractivity contribution in [2.24, 2.45) is 0 Å². The van der Waals surface area contributed by atoms with E-state index in [1.165, 1.54) is 0 Å². The lowest BCUT2D eigenvalue weighted by molar-refractivity contribution is 0.127. The van der Waals surface area contributed by atoms with E-state index in [2.05, 4.69) is 38.5 Å². The molecule has 1 unspecified atom stereocenters. The third kappa shape index (κ3) is 9.52. The maximum Gasteiger partial charge on any atom is 0.109 e. The van der Waals surface area contributed by atoms with Crippen LogP contribution in [0.25, 0.3) is 0 Å². The molecule has 0 amide bonds. The monoisotopic (exact) mass is 198 g/mol. The summed E-state index contributed by atoms with van der Waals surface area (Å²) in [4.78, 5) is 0. The van der Waals surface area contributed by atoms with Gasteiger partial charge in [-0.15, -0.1) is 6.58 Å². The van der Waals surface area contributed by atoms with Crippen LogP contribution in [0.1, 0.15) is 27.7 Å². The molecular weight excluding hydrogens is 180 g/mol. The molecule has 0 radical (unpaired) electrons. The first kappa shape index (κ1) is 12.6. The molecule has 0 heterocycles. The van der Waals surface area contributed by atoms with Crippen LogP contribution in [0, 0.1) is 11.2 Å². The summed E-state index contributed by atoms with van der Waals surface area (Å²) >= 11 is 1.63. The van der Waals surface area contributed by atoms with E-state index in [1.807, 2.05) is 6.92 Å². The van der Waals surface area contributed by atoms with Crippen LogP contribution in [0.2, 0.25) is 0 Å². The molecule has 0 aromatic rings. The highest BCUT2D eigenvalue weighted by molar-refractivity contribution is 8.05. The summed E-state index contributed by atoms with van der Waals surface area (Å²) in [7, 11) is 0. The SMILES string of the molecule is C=CC(C)OCC#CSC(C)(C)C. The first-order chi connectivity index (χ1) is 5.95. The minimum Gasteiger partial charge on any atom is -0.362 e. The molecule has 74 valence electrons. The van der Waals surface area contributed by atoms with Crippen LogP contribution >= 0.6 is 11.8 Å². The van der Waals surface area contributed by atoms with Crippen LogP contribution in [0.15, 0.2) is 12.7 Å². The molecule has 0 aromatic heterocycles. The summed E-state index contributed by atoms with van der Waals surface area (Å²) in [5.74, 6) is 2.95. The molecule has 2 heteroatoms. The average molecular weight is 198 g/mol. The van der Waals surface area contributed by atoms with Crippen molar-refractivity contribution in [3.8, 4) is 11.2 Å². The Bertz CT molecular complexity index is 204. The van der Waals surface area contributed by atoms with Crippen LogP contribution in [-0.2, 0) is 4.74 Å². The van der Waals surface area contributed by atoms with E-state index in [0.29, 0.717) is 6.61 Å². The van der Waals surface area contributed by atoms with Crippen LogP contribution in [-0.4, -0.2) is 17.5 Å². The molecule has 0 aliphatic carbocycles. The molecule has 0 rings (SSSR count). The maximum absolute atomic E-state index is 5.30. The minimum atomic E-state index is 0.0916. The van der Waals surface area contributed by atoms with Gasteiger partial charge in [0.1, 0.15) is 6.61 Å². The van der Waals surface area contributed by atoms with Crippen molar-refractivity contribution in [3.05, 3.63) is 12.7 Å². The summed E-state index contributed by atoms with van der Waals surface area (Å²) in [6.07, 6.45) is 1.85. The molecule has 0 aromatic carbocycles. The molecule has 0 saturated heterocycles. The smallest absolute Gasteiger partial charge is 0.109 e. The molecule has 0 aliphatic rings. The molecule has 0 bridgehead atoms. The Morgan fingerprint density at radius 1 is 1.54 bits per heavy atom. The van der Waals surface area contributed by atoms with Gasteiger partial charge in [-0.3, -0.25) is 0 Å². The quantitative estimate of drug-likeness (QED) is 0.509. The fraction of sp³-hybridized carbons (Fsp3) is 0.636. The Labute approximate surface area is 85.9 Å². The molecule has 0 N–H and O–H groups in total. The zero-order chi connectivity index (χ0) is 10.3. The fourth-order valence-electron chi connectivity index (χ4n) is 0.460. The van der Waals surface area contributed by atoms with Gasteiger partial charge >= 0.3 is 0 Å². The Morgan fingerprint density at radius 3 is 2.62 bits per heavy atom. The summed E-state index contributed by atoms with van der Waals surface area (Å²) in [6, 6.07) is 0. The van der Waals surface area contributed by atoms with E-state index < -0.39 is 0 Å². The Hall–Kier alpha value is -0.390. The molecule has 0 spiro atoms. The van der Waals surface area contributed by atoms with Gasteiger partial charge in [-0.2, -0.15) is 0 Å².